The molecule has 4 heteroatoms. The van der Waals surface area contributed by atoms with Crippen LogP contribution in [0.4, 0.5) is 0 Å². The van der Waals surface area contributed by atoms with Crippen LogP contribution in [0.3, 0.4) is 0 Å². The fourth-order valence-electron chi connectivity index (χ4n) is 8.44. The Morgan fingerprint density at radius 1 is 0.556 bits per heavy atom. The number of rotatable bonds is 2. The molecular weight excluding hydrogens is 548 g/mol. The van der Waals surface area contributed by atoms with Gasteiger partial charge in [-0.15, -0.1) is 0 Å². The van der Waals surface area contributed by atoms with Crippen LogP contribution in [0.5, 0.6) is 0 Å². The van der Waals surface area contributed by atoms with Crippen molar-refractivity contribution in [3.05, 3.63) is 118 Å². The highest BCUT2D eigenvalue weighted by Gasteiger charge is 2.41. The van der Waals surface area contributed by atoms with Crippen molar-refractivity contribution in [2.75, 3.05) is 0 Å². The van der Waals surface area contributed by atoms with E-state index < -0.39 is 0 Å². The Balaban J connectivity index is 1.14. The number of aromatic nitrogens is 3. The van der Waals surface area contributed by atoms with Crippen LogP contribution in [0.2, 0.25) is 0 Å². The van der Waals surface area contributed by atoms with Crippen molar-refractivity contribution in [2.24, 2.45) is 4.99 Å². The Bertz CT molecular complexity index is 2190. The third-order valence-corrected chi connectivity index (χ3v) is 11.1. The normalized spacial score (nSPS) is 18.6. The predicted molar refractivity (Wildman–Crippen MR) is 183 cm³/mol. The second-order valence-corrected chi connectivity index (χ2v) is 14.7. The molecule has 0 spiro atoms. The molecule has 3 aliphatic carbocycles. The second kappa shape index (κ2) is 8.72. The summed E-state index contributed by atoms with van der Waals surface area (Å²) in [6.45, 7) is 13.8. The maximum absolute atomic E-state index is 5.34. The first-order chi connectivity index (χ1) is 21.6. The predicted octanol–water partition coefficient (Wildman–Crippen LogP) is 9.69. The van der Waals surface area contributed by atoms with E-state index in [1.807, 2.05) is 12.4 Å². The van der Waals surface area contributed by atoms with Gasteiger partial charge in [-0.2, -0.15) is 0 Å². The number of pyridine rings is 3. The van der Waals surface area contributed by atoms with Gasteiger partial charge in [-0.05, 0) is 76.1 Å². The lowest BCUT2D eigenvalue weighted by Crippen LogP contribution is -2.18. The Morgan fingerprint density at radius 2 is 1.20 bits per heavy atom. The maximum Gasteiger partial charge on any atom is 0.0926 e. The van der Waals surface area contributed by atoms with Gasteiger partial charge >= 0.3 is 0 Å². The van der Waals surface area contributed by atoms with E-state index >= 15 is 0 Å². The van der Waals surface area contributed by atoms with E-state index in [1.165, 1.54) is 50.1 Å². The van der Waals surface area contributed by atoms with Crippen molar-refractivity contribution in [3.63, 3.8) is 0 Å². The molecule has 0 radical (unpaired) electrons. The molecule has 0 fully saturated rings. The lowest BCUT2D eigenvalue weighted by molar-refractivity contribution is 0.609. The van der Waals surface area contributed by atoms with Crippen molar-refractivity contribution >= 4 is 11.9 Å². The molecule has 2 aromatic carbocycles. The largest absolute Gasteiger partial charge is 0.259 e. The van der Waals surface area contributed by atoms with Gasteiger partial charge in [0.25, 0.3) is 0 Å². The molecule has 1 aliphatic heterocycles. The molecule has 4 heterocycles. The van der Waals surface area contributed by atoms with Crippen molar-refractivity contribution in [2.45, 2.75) is 70.6 Å². The van der Waals surface area contributed by atoms with Gasteiger partial charge in [-0.25, -0.2) is 9.97 Å². The third-order valence-electron chi connectivity index (χ3n) is 11.1. The molecule has 0 unspecified atom stereocenters. The minimum absolute atomic E-state index is 0.0631. The molecule has 0 N–H and O–H groups in total. The average molecular weight is 585 g/mol. The number of fused-ring (bicyclic) bond motifs is 8. The molecular formula is C41H36N4. The minimum Gasteiger partial charge on any atom is -0.259 e. The van der Waals surface area contributed by atoms with Crippen molar-refractivity contribution in [1.29, 1.82) is 0 Å². The lowest BCUT2D eigenvalue weighted by Gasteiger charge is -2.25. The van der Waals surface area contributed by atoms with E-state index in [2.05, 4.69) is 114 Å². The molecule has 4 nitrogen and oxygen atoms in total. The summed E-state index contributed by atoms with van der Waals surface area (Å²) in [5.74, 6) is 0. The number of hydrogen-bond donors (Lipinski definition) is 0. The van der Waals surface area contributed by atoms with Crippen LogP contribution >= 0.6 is 0 Å². The van der Waals surface area contributed by atoms with Gasteiger partial charge in [0, 0.05) is 45.3 Å². The van der Waals surface area contributed by atoms with Gasteiger partial charge in [0.05, 0.1) is 34.2 Å². The topological polar surface area (TPSA) is 51.0 Å². The highest BCUT2D eigenvalue weighted by atomic mass is 14.9. The zero-order valence-corrected chi connectivity index (χ0v) is 26.8. The summed E-state index contributed by atoms with van der Waals surface area (Å²) >= 11 is 0. The summed E-state index contributed by atoms with van der Waals surface area (Å²) in [5.41, 5.74) is 18.4. The third kappa shape index (κ3) is 3.48. The van der Waals surface area contributed by atoms with Crippen LogP contribution in [-0.2, 0) is 16.2 Å². The van der Waals surface area contributed by atoms with Crippen LogP contribution in [0.15, 0.2) is 89.6 Å². The number of nitrogens with zero attached hydrogens (tertiary/aromatic N) is 4. The number of aliphatic imine (C=N–C) groups is 1. The monoisotopic (exact) mass is 584 g/mol. The summed E-state index contributed by atoms with van der Waals surface area (Å²) in [5, 5.41) is 0. The first-order valence-corrected chi connectivity index (χ1v) is 16.1. The van der Waals surface area contributed by atoms with E-state index in [0.717, 1.165) is 52.6 Å². The summed E-state index contributed by atoms with van der Waals surface area (Å²) in [4.78, 5) is 20.3. The Morgan fingerprint density at radius 3 is 1.93 bits per heavy atom. The molecule has 220 valence electrons. The van der Waals surface area contributed by atoms with Gasteiger partial charge in [-0.1, -0.05) is 90.1 Å². The molecule has 5 aromatic rings. The average Bonchev–Trinajstić information content (AvgIpc) is 3.53. The van der Waals surface area contributed by atoms with E-state index in [0.29, 0.717) is 0 Å². The number of allylic oxidation sites excluding steroid dienone is 1. The van der Waals surface area contributed by atoms with E-state index in [1.54, 1.807) is 0 Å². The van der Waals surface area contributed by atoms with E-state index in [9.17, 15) is 0 Å². The Kier molecular flexibility index (Phi) is 5.17. The molecule has 0 amide bonds. The molecule has 3 aromatic heterocycles. The number of benzene rings is 2. The van der Waals surface area contributed by atoms with Gasteiger partial charge in [0.15, 0.2) is 0 Å². The molecule has 0 saturated heterocycles. The first-order valence-electron chi connectivity index (χ1n) is 16.1. The molecule has 9 rings (SSSR count). The van der Waals surface area contributed by atoms with Crippen LogP contribution in [0, 0.1) is 0 Å². The highest BCUT2D eigenvalue weighted by molar-refractivity contribution is 5.87. The smallest absolute Gasteiger partial charge is 0.0926 e. The van der Waals surface area contributed by atoms with Gasteiger partial charge in [0.1, 0.15) is 0 Å². The van der Waals surface area contributed by atoms with Crippen molar-refractivity contribution in [1.82, 2.24) is 15.0 Å². The lowest BCUT2D eigenvalue weighted by atomic mass is 9.79. The summed E-state index contributed by atoms with van der Waals surface area (Å²) < 4.78 is 0. The van der Waals surface area contributed by atoms with Crippen LogP contribution in [-0.4, -0.2) is 21.2 Å². The summed E-state index contributed by atoms with van der Waals surface area (Å²) in [7, 11) is 0. The van der Waals surface area contributed by atoms with Gasteiger partial charge in [-0.3, -0.25) is 9.98 Å². The van der Waals surface area contributed by atoms with E-state index in [-0.39, 0.29) is 16.2 Å². The summed E-state index contributed by atoms with van der Waals surface area (Å²) in [6.07, 6.45) is 6.12. The quantitative estimate of drug-likeness (QED) is 0.208. The van der Waals surface area contributed by atoms with Crippen LogP contribution in [0.25, 0.3) is 50.7 Å². The summed E-state index contributed by atoms with van der Waals surface area (Å²) in [6, 6.07) is 26.7. The molecule has 0 saturated carbocycles. The Labute approximate surface area is 265 Å². The standard InChI is InChI=1S/C41H36N4/c1-39(2)27-11-8-7-10-25(27)35-30(39)15-17-33(44-35)34-18-16-31-36(45-34)26-20-23(13-14-28(26)40(31,3)4)24-21-32-38(43-22-24)37-29(41(32,5)6)12-9-19-42-37/h7-8,10-11,13-22H,9,12H2,1-6H3. The fraction of sp³-hybridized carbons (Fsp3) is 0.268. The number of hydrogen-bond acceptors (Lipinski definition) is 4. The van der Waals surface area contributed by atoms with Crippen LogP contribution in [0.1, 0.15) is 87.9 Å². The molecule has 0 atom stereocenters. The zero-order chi connectivity index (χ0) is 30.9. The maximum atomic E-state index is 5.34. The van der Waals surface area contributed by atoms with Crippen LogP contribution < -0.4 is 0 Å². The van der Waals surface area contributed by atoms with Crippen molar-refractivity contribution < 1.29 is 0 Å². The Hall–Kier alpha value is -4.70. The SMILES string of the molecule is CC1(C)C2=C(N=CCC2)c2ncc(-c3ccc4c(c3)-c3nc(-c5ccc6c(n5)-c5ccccc5C6(C)C)ccc3C4(C)C)cc21. The second-order valence-electron chi connectivity index (χ2n) is 14.7. The molecule has 45 heavy (non-hydrogen) atoms. The fourth-order valence-corrected chi connectivity index (χ4v) is 8.44. The van der Waals surface area contributed by atoms with Crippen molar-refractivity contribution in [3.8, 4) is 45.0 Å². The zero-order valence-electron chi connectivity index (χ0n) is 26.8. The minimum atomic E-state index is -0.137. The van der Waals surface area contributed by atoms with Gasteiger partial charge < -0.3 is 0 Å². The highest BCUT2D eigenvalue weighted by Crippen LogP contribution is 2.52. The van der Waals surface area contributed by atoms with E-state index in [4.69, 9.17) is 19.9 Å². The molecule has 4 aliphatic rings. The first kappa shape index (κ1) is 26.7. The van der Waals surface area contributed by atoms with Gasteiger partial charge in [0.2, 0.25) is 0 Å². The molecule has 0 bridgehead atoms.